The van der Waals surface area contributed by atoms with Crippen molar-refractivity contribution in [2.45, 2.75) is 53.5 Å². The Morgan fingerprint density at radius 2 is 1.58 bits per heavy atom. The number of rotatable bonds is 2. The molecular weight excluding hydrogens is 320 g/mol. The quantitative estimate of drug-likeness (QED) is 0.776. The van der Waals surface area contributed by atoms with E-state index in [1.807, 2.05) is 18.2 Å². The van der Waals surface area contributed by atoms with Crippen LogP contribution in [0.25, 0.3) is 0 Å². The van der Waals surface area contributed by atoms with E-state index in [0.717, 1.165) is 30.6 Å². The molecule has 9 atom stereocenters. The molecule has 1 saturated heterocycles. The fourth-order valence-corrected chi connectivity index (χ4v) is 10.4. The lowest BCUT2D eigenvalue weighted by Crippen LogP contribution is -2.56. The second-order valence-electron chi connectivity index (χ2n) is 9.21. The molecule has 7 aliphatic rings. The molecule has 6 aliphatic carbocycles. The third kappa shape index (κ3) is 1.13. The molecule has 8 rings (SSSR count). The summed E-state index contributed by atoms with van der Waals surface area (Å²) >= 11 is 0. The van der Waals surface area contributed by atoms with Crippen LogP contribution in [0, 0.1) is 35.5 Å². The van der Waals surface area contributed by atoms with Gasteiger partial charge in [0.05, 0.1) is 10.1 Å². The molecule has 0 N–H and O–H groups in total. The average Bonchev–Trinajstić information content (AvgIpc) is 3.48. The van der Waals surface area contributed by atoms with Gasteiger partial charge in [0, 0.05) is 5.92 Å². The third-order valence-corrected chi connectivity index (χ3v) is 11.1. The summed E-state index contributed by atoms with van der Waals surface area (Å²) in [4.78, 5) is 0.510. The van der Waals surface area contributed by atoms with E-state index in [2.05, 4.69) is 0 Å². The Morgan fingerprint density at radius 3 is 2.33 bits per heavy atom. The number of ether oxygens (including phenoxy) is 1. The highest BCUT2D eigenvalue weighted by Gasteiger charge is 2.94. The van der Waals surface area contributed by atoms with Gasteiger partial charge in [-0.25, -0.2) is 8.42 Å². The summed E-state index contributed by atoms with van der Waals surface area (Å²) in [6.45, 7) is 0. The van der Waals surface area contributed by atoms with Crippen LogP contribution in [0.5, 0.6) is 0 Å². The van der Waals surface area contributed by atoms with E-state index < -0.39 is 9.84 Å². The van der Waals surface area contributed by atoms with E-state index in [4.69, 9.17) is 4.74 Å². The van der Waals surface area contributed by atoms with Gasteiger partial charge in [-0.3, -0.25) is 0 Å². The van der Waals surface area contributed by atoms with Crippen LogP contribution in [0.2, 0.25) is 0 Å². The van der Waals surface area contributed by atoms with E-state index in [1.54, 1.807) is 12.1 Å². The van der Waals surface area contributed by atoms with Crippen molar-refractivity contribution in [3.8, 4) is 0 Å². The highest BCUT2D eigenvalue weighted by Crippen LogP contribution is 2.87. The molecule has 1 aromatic carbocycles. The Kier molecular flexibility index (Phi) is 2.02. The first kappa shape index (κ1) is 13.3. The molecule has 7 fully saturated rings. The van der Waals surface area contributed by atoms with Crippen LogP contribution in [0.4, 0.5) is 0 Å². The largest absolute Gasteiger partial charge is 0.361 e. The standard InChI is InChI=1S/C20H22O3S/c21-24(22,12-4-2-1-3-5-12)18-9-11-8-17(18)20-16-7-6-15(13-10-14(13)16)19(11,20)23-20/h1-5,11,13-18H,6-10H2/t11-,13-,14-,15+,16+,17-,18-,19-,20+/m1/s1. The monoisotopic (exact) mass is 342 g/mol. The highest BCUT2D eigenvalue weighted by atomic mass is 32.2. The van der Waals surface area contributed by atoms with Gasteiger partial charge in [0.15, 0.2) is 9.84 Å². The normalized spacial score (nSPS) is 58.1. The molecule has 0 unspecified atom stereocenters. The Morgan fingerprint density at radius 1 is 0.875 bits per heavy atom. The first-order chi connectivity index (χ1) is 11.6. The summed E-state index contributed by atoms with van der Waals surface area (Å²) in [5.41, 5.74) is 0.0734. The fraction of sp³-hybridized carbons (Fsp3) is 0.700. The SMILES string of the molecule is O=S(=O)(c1ccccc1)[C@@H]1C[C@H]2C[C@H]1[C@]13O[C@@]21[C@H]1CC[C@H]3[C@@H]2C[C@H]21. The molecule has 0 radical (unpaired) electrons. The number of fused-ring (bicyclic) bond motifs is 3. The van der Waals surface area contributed by atoms with Crippen LogP contribution in [0.15, 0.2) is 35.2 Å². The molecule has 3 nitrogen and oxygen atoms in total. The zero-order valence-corrected chi connectivity index (χ0v) is 14.4. The maximum Gasteiger partial charge on any atom is 0.181 e. The van der Waals surface area contributed by atoms with Crippen molar-refractivity contribution < 1.29 is 13.2 Å². The third-order valence-electron chi connectivity index (χ3n) is 8.85. The number of epoxide rings is 1. The van der Waals surface area contributed by atoms with Gasteiger partial charge in [-0.05, 0) is 73.8 Å². The first-order valence-corrected chi connectivity index (χ1v) is 11.1. The number of hydrogen-bond donors (Lipinski definition) is 0. The van der Waals surface area contributed by atoms with E-state index >= 15 is 0 Å². The van der Waals surface area contributed by atoms with Gasteiger partial charge in [0.2, 0.25) is 0 Å². The van der Waals surface area contributed by atoms with E-state index in [0.29, 0.717) is 16.7 Å². The molecular formula is C20H22O3S. The predicted molar refractivity (Wildman–Crippen MR) is 88.0 cm³/mol. The molecule has 1 aromatic rings. The maximum atomic E-state index is 13.3. The predicted octanol–water partition coefficient (Wildman–Crippen LogP) is 3.05. The molecule has 0 aromatic heterocycles. The van der Waals surface area contributed by atoms with Crippen LogP contribution in [0.1, 0.15) is 32.1 Å². The van der Waals surface area contributed by atoms with Gasteiger partial charge < -0.3 is 4.74 Å². The zero-order chi connectivity index (χ0) is 15.9. The average molecular weight is 342 g/mol. The first-order valence-electron chi connectivity index (χ1n) is 9.60. The van der Waals surface area contributed by atoms with Crippen molar-refractivity contribution in [2.75, 3.05) is 0 Å². The Labute approximate surface area is 142 Å². The van der Waals surface area contributed by atoms with Crippen LogP contribution in [0.3, 0.4) is 0 Å². The van der Waals surface area contributed by atoms with Gasteiger partial charge in [-0.2, -0.15) is 0 Å². The lowest BCUT2D eigenvalue weighted by atomic mass is 9.54. The van der Waals surface area contributed by atoms with Gasteiger partial charge in [-0.1, -0.05) is 18.2 Å². The lowest BCUT2D eigenvalue weighted by molar-refractivity contribution is 0.0690. The summed E-state index contributed by atoms with van der Waals surface area (Å²) < 4.78 is 33.3. The minimum absolute atomic E-state index is 0.0387. The molecule has 1 aliphatic heterocycles. The van der Waals surface area contributed by atoms with Crippen molar-refractivity contribution in [1.82, 2.24) is 0 Å². The molecule has 0 spiro atoms. The topological polar surface area (TPSA) is 46.7 Å². The van der Waals surface area contributed by atoms with E-state index in [1.165, 1.54) is 19.3 Å². The summed E-state index contributed by atoms with van der Waals surface area (Å²) in [7, 11) is -3.24. The van der Waals surface area contributed by atoms with E-state index in [9.17, 15) is 8.42 Å². The summed E-state index contributed by atoms with van der Waals surface area (Å²) in [6.07, 6.45) is 5.97. The Bertz CT molecular complexity index is 864. The molecule has 4 heteroatoms. The number of sulfone groups is 1. The molecule has 24 heavy (non-hydrogen) atoms. The van der Waals surface area contributed by atoms with Gasteiger partial charge >= 0.3 is 0 Å². The smallest absolute Gasteiger partial charge is 0.181 e. The summed E-state index contributed by atoms with van der Waals surface area (Å²) in [6, 6.07) is 9.11. The van der Waals surface area contributed by atoms with Gasteiger partial charge in [0.1, 0.15) is 11.2 Å². The molecule has 4 bridgehead atoms. The zero-order valence-electron chi connectivity index (χ0n) is 13.6. The Hall–Kier alpha value is -0.870. The second kappa shape index (κ2) is 3.64. The van der Waals surface area contributed by atoms with E-state index in [-0.39, 0.29) is 22.4 Å². The summed E-state index contributed by atoms with van der Waals surface area (Å²) in [5.74, 6) is 3.95. The molecule has 6 saturated carbocycles. The van der Waals surface area contributed by atoms with Crippen molar-refractivity contribution in [3.05, 3.63) is 30.3 Å². The minimum Gasteiger partial charge on any atom is -0.361 e. The van der Waals surface area contributed by atoms with Crippen LogP contribution in [-0.4, -0.2) is 24.9 Å². The molecule has 0 amide bonds. The minimum atomic E-state index is -3.24. The summed E-state index contributed by atoms with van der Waals surface area (Å²) in [5, 5.41) is -0.211. The van der Waals surface area contributed by atoms with Crippen molar-refractivity contribution in [3.63, 3.8) is 0 Å². The molecule has 1 heterocycles. The molecule has 126 valence electrons. The number of hydrogen-bond acceptors (Lipinski definition) is 3. The van der Waals surface area contributed by atoms with Crippen LogP contribution >= 0.6 is 0 Å². The number of benzene rings is 1. The van der Waals surface area contributed by atoms with Crippen molar-refractivity contribution >= 4 is 9.84 Å². The van der Waals surface area contributed by atoms with Gasteiger partial charge in [0.25, 0.3) is 0 Å². The maximum absolute atomic E-state index is 13.3. The van der Waals surface area contributed by atoms with Crippen molar-refractivity contribution in [2.24, 2.45) is 35.5 Å². The Balaban J connectivity index is 1.34. The highest BCUT2D eigenvalue weighted by molar-refractivity contribution is 7.92. The van der Waals surface area contributed by atoms with Crippen LogP contribution in [-0.2, 0) is 14.6 Å². The van der Waals surface area contributed by atoms with Crippen molar-refractivity contribution in [1.29, 1.82) is 0 Å². The van der Waals surface area contributed by atoms with Gasteiger partial charge in [-0.15, -0.1) is 0 Å². The van der Waals surface area contributed by atoms with Crippen LogP contribution < -0.4 is 0 Å². The second-order valence-corrected chi connectivity index (χ2v) is 11.4. The fourth-order valence-electron chi connectivity index (χ4n) is 8.27. The lowest BCUT2D eigenvalue weighted by Gasteiger charge is -2.46.